The summed E-state index contributed by atoms with van der Waals surface area (Å²) in [7, 11) is 5.30. The number of aliphatic hydroxyl groups is 5. The highest BCUT2D eigenvalue weighted by Gasteiger charge is 2.53. The molecule has 3 aliphatic rings. The van der Waals surface area contributed by atoms with Crippen molar-refractivity contribution in [1.82, 2.24) is 34.6 Å². The molecule has 18 atom stereocenters. The van der Waals surface area contributed by atoms with Gasteiger partial charge in [0.15, 0.2) is 12.6 Å². The van der Waals surface area contributed by atoms with Gasteiger partial charge in [0, 0.05) is 69.6 Å². The predicted molar refractivity (Wildman–Crippen MR) is 260 cm³/mol. The molecule has 70 heavy (non-hydrogen) atoms. The fraction of sp³-hybridized carbons (Fsp3) is 0.765. The quantitative estimate of drug-likeness (QED) is 0.155. The van der Waals surface area contributed by atoms with Crippen molar-refractivity contribution >= 4 is 5.97 Å². The number of rotatable bonds is 13. The number of benzene rings is 1. The fourth-order valence-corrected chi connectivity index (χ4v) is 11.0. The Morgan fingerprint density at radius 3 is 2.30 bits per heavy atom. The monoisotopic (exact) mass is 986 g/mol. The summed E-state index contributed by atoms with van der Waals surface area (Å²) in [5.74, 6) is -2.76. The Balaban J connectivity index is 1.25. The third-order valence-corrected chi connectivity index (χ3v) is 15.5. The summed E-state index contributed by atoms with van der Waals surface area (Å²) in [4.78, 5) is 18.5. The Hall–Kier alpha value is -3.44. The third kappa shape index (κ3) is 12.8. The lowest BCUT2D eigenvalue weighted by atomic mass is 9.77. The summed E-state index contributed by atoms with van der Waals surface area (Å²) in [5, 5.41) is 72.8. The van der Waals surface area contributed by atoms with Crippen molar-refractivity contribution in [2.75, 3.05) is 34.3 Å². The molecule has 0 spiro atoms. The minimum atomic E-state index is -1.83. The van der Waals surface area contributed by atoms with Gasteiger partial charge in [-0.3, -0.25) is 4.79 Å². The molecule has 0 radical (unpaired) electrons. The van der Waals surface area contributed by atoms with Crippen molar-refractivity contribution in [1.29, 1.82) is 0 Å². The number of nitrogens with zero attached hydrogens (tertiary/aromatic N) is 7. The molecule has 394 valence electrons. The van der Waals surface area contributed by atoms with Crippen LogP contribution in [0.15, 0.2) is 48.9 Å². The van der Waals surface area contributed by atoms with Gasteiger partial charge in [0.05, 0.1) is 59.5 Å². The number of carbonyl (C=O) groups excluding carboxylic acids is 1. The molecule has 3 aromatic rings. The molecule has 5 N–H and O–H groups in total. The van der Waals surface area contributed by atoms with Crippen molar-refractivity contribution < 1.29 is 58.7 Å². The van der Waals surface area contributed by atoms with Gasteiger partial charge >= 0.3 is 5.97 Å². The summed E-state index contributed by atoms with van der Waals surface area (Å²) in [6.45, 7) is 19.1. The van der Waals surface area contributed by atoms with Crippen LogP contribution in [0.4, 0.5) is 0 Å². The van der Waals surface area contributed by atoms with Crippen LogP contribution in [-0.2, 0) is 46.2 Å². The van der Waals surface area contributed by atoms with Crippen molar-refractivity contribution in [2.45, 2.75) is 198 Å². The summed E-state index contributed by atoms with van der Waals surface area (Å²) >= 11 is 0. The first-order valence-electron chi connectivity index (χ1n) is 25.1. The summed E-state index contributed by atoms with van der Waals surface area (Å²) in [6, 6.07) is 9.02. The average molecular weight is 986 g/mol. The number of esters is 1. The van der Waals surface area contributed by atoms with Crippen LogP contribution in [0.3, 0.4) is 0 Å². The van der Waals surface area contributed by atoms with E-state index >= 15 is 0 Å². The van der Waals surface area contributed by atoms with Crippen LogP contribution in [0.5, 0.6) is 0 Å². The lowest BCUT2D eigenvalue weighted by Gasteiger charge is -2.49. The summed E-state index contributed by atoms with van der Waals surface area (Å²) < 4.78 is 41.9. The number of hydrogen-bond donors (Lipinski definition) is 5. The predicted octanol–water partition coefficient (Wildman–Crippen LogP) is 3.34. The van der Waals surface area contributed by atoms with E-state index in [9.17, 15) is 30.3 Å². The van der Waals surface area contributed by atoms with E-state index in [1.54, 1.807) is 57.1 Å². The Morgan fingerprint density at radius 1 is 0.957 bits per heavy atom. The molecule has 0 unspecified atom stereocenters. The zero-order valence-electron chi connectivity index (χ0n) is 43.7. The average Bonchev–Trinajstić information content (AvgIpc) is 4.02. The molecular weight excluding hydrogens is 903 g/mol. The molecule has 1 aromatic carbocycles. The third-order valence-electron chi connectivity index (χ3n) is 15.5. The Morgan fingerprint density at radius 2 is 1.66 bits per heavy atom. The highest BCUT2D eigenvalue weighted by molar-refractivity contribution is 5.73. The Kier molecular flexibility index (Phi) is 18.5. The van der Waals surface area contributed by atoms with Gasteiger partial charge in [0.2, 0.25) is 0 Å². The van der Waals surface area contributed by atoms with Gasteiger partial charge in [0.1, 0.15) is 30.0 Å². The molecule has 5 heterocycles. The molecular formula is C51H83N7O12. The van der Waals surface area contributed by atoms with Gasteiger partial charge in [-0.05, 0) is 112 Å². The fourth-order valence-electron chi connectivity index (χ4n) is 11.0. The number of aromatic nitrogens is 5. The van der Waals surface area contributed by atoms with Crippen LogP contribution in [0.1, 0.15) is 106 Å². The van der Waals surface area contributed by atoms with Crippen LogP contribution < -0.4 is 0 Å². The van der Waals surface area contributed by atoms with Gasteiger partial charge in [-0.2, -0.15) is 5.10 Å². The number of likely N-dealkylation sites (N-methyl/N-ethyl adjacent to an activating group) is 2. The maximum atomic E-state index is 14.5. The molecule has 3 fully saturated rings. The second kappa shape index (κ2) is 23.2. The van der Waals surface area contributed by atoms with E-state index in [0.717, 1.165) is 16.9 Å². The Bertz CT molecular complexity index is 2090. The summed E-state index contributed by atoms with van der Waals surface area (Å²) in [6.07, 6.45) is -2.81. The zero-order valence-corrected chi connectivity index (χ0v) is 43.7. The topological polar surface area (TPSA) is 229 Å². The summed E-state index contributed by atoms with van der Waals surface area (Å²) in [5.41, 5.74) is -1.68. The molecule has 0 aliphatic carbocycles. The number of carbonyl (C=O) groups is 1. The first-order chi connectivity index (χ1) is 32.9. The van der Waals surface area contributed by atoms with E-state index < -0.39 is 102 Å². The molecule has 6 rings (SSSR count). The molecule has 3 saturated heterocycles. The molecule has 0 bridgehead atoms. The van der Waals surface area contributed by atoms with Crippen LogP contribution in [0.25, 0.3) is 5.69 Å². The molecule has 0 amide bonds. The normalized spacial score (nSPS) is 39.9. The zero-order chi connectivity index (χ0) is 51.5. The van der Waals surface area contributed by atoms with E-state index in [2.05, 4.69) is 20.3 Å². The van der Waals surface area contributed by atoms with Crippen LogP contribution in [0, 0.1) is 17.8 Å². The molecule has 0 saturated carbocycles. The molecule has 3 aliphatic heterocycles. The Labute approximate surface area is 414 Å². The van der Waals surface area contributed by atoms with Crippen LogP contribution in [-0.4, -0.2) is 191 Å². The smallest absolute Gasteiger partial charge is 0.311 e. The maximum absolute atomic E-state index is 14.5. The first kappa shape index (κ1) is 55.9. The SMILES string of the molecule is CC[C@H]1OC(=O)[C@H](C)[C@@H](O[C@H]2C[C@@](C)(OC)[C@@H](O)[C@H](C)O2)[C@H](C)[C@@H](O[C@@H]2O[C@H](C)C[C@H](N(C)CCc3cn(Cc4ccc(-n5cccn5)cc4)nn3)[C@H]2O)[C@](C)(O)C[C@@H](C)CN(C)[C@H](C)[C@@H](O)[C@]1(C)O. The second-order valence-electron chi connectivity index (χ2n) is 21.5. The second-order valence-corrected chi connectivity index (χ2v) is 21.5. The van der Waals surface area contributed by atoms with Crippen molar-refractivity contribution in [3.63, 3.8) is 0 Å². The van der Waals surface area contributed by atoms with Crippen molar-refractivity contribution in [2.24, 2.45) is 17.8 Å². The molecule has 19 nitrogen and oxygen atoms in total. The number of cyclic esters (lactones) is 1. The minimum absolute atomic E-state index is 0.106. The van der Waals surface area contributed by atoms with Crippen molar-refractivity contribution in [3.05, 3.63) is 60.2 Å². The molecule has 19 heteroatoms. The number of ether oxygens (including phenoxy) is 6. The van der Waals surface area contributed by atoms with E-state index in [4.69, 9.17) is 28.4 Å². The first-order valence-corrected chi connectivity index (χ1v) is 25.1. The highest BCUT2D eigenvalue weighted by Crippen LogP contribution is 2.40. The van der Waals surface area contributed by atoms with Crippen LogP contribution >= 0.6 is 0 Å². The van der Waals surface area contributed by atoms with Gasteiger partial charge in [0.25, 0.3) is 0 Å². The van der Waals surface area contributed by atoms with E-state index in [-0.39, 0.29) is 31.3 Å². The molecule has 2 aromatic heterocycles. The maximum Gasteiger partial charge on any atom is 0.311 e. The largest absolute Gasteiger partial charge is 0.459 e. The van der Waals surface area contributed by atoms with E-state index in [0.29, 0.717) is 32.5 Å². The lowest BCUT2D eigenvalue weighted by Crippen LogP contribution is -2.61. The van der Waals surface area contributed by atoms with E-state index in [1.165, 1.54) is 14.0 Å². The lowest BCUT2D eigenvalue weighted by molar-refractivity contribution is -0.318. The highest BCUT2D eigenvalue weighted by atomic mass is 16.7. The van der Waals surface area contributed by atoms with Crippen molar-refractivity contribution in [3.8, 4) is 5.69 Å². The van der Waals surface area contributed by atoms with E-state index in [1.807, 2.05) is 82.5 Å². The van der Waals surface area contributed by atoms with Gasteiger partial charge < -0.3 is 63.8 Å². The van der Waals surface area contributed by atoms with Gasteiger partial charge in [-0.15, -0.1) is 5.10 Å². The van der Waals surface area contributed by atoms with Gasteiger partial charge in [-0.25, -0.2) is 9.36 Å². The minimum Gasteiger partial charge on any atom is -0.459 e. The van der Waals surface area contributed by atoms with Gasteiger partial charge in [-0.1, -0.05) is 38.1 Å². The number of methoxy groups -OCH3 is 1. The number of aliphatic hydroxyl groups excluding tert-OH is 3. The standard InChI is InChI=1S/C51H83N7O12/c1-14-40-51(10,64)44(60)34(6)56(12)27-30(2)25-49(8,63)46(32(4)43(33(5)47(62)68-40)69-41-26-50(9,65-13)45(61)35(7)67-41)70-48-42(59)39(24-31(3)66-48)55(11)23-20-37-29-57(54-53-37)28-36-16-18-38(19-17-36)58-22-15-21-52-58/h15-19,21-22,29-35,39-46,48,59-61,63-64H,14,20,23-28H2,1-13H3/t30-,31-,32+,33-,34-,35+,39+,40-,41+,42-,43+,44-,45+,46-,48+,49-,50-,51-/m1/s1. The van der Waals surface area contributed by atoms with Crippen LogP contribution in [0.2, 0.25) is 0 Å². The number of hydrogen-bond acceptors (Lipinski definition) is 17.